The Morgan fingerprint density at radius 3 is 2.20 bits per heavy atom. The summed E-state index contributed by atoms with van der Waals surface area (Å²) in [6.07, 6.45) is 1.48. The lowest BCUT2D eigenvalue weighted by Crippen LogP contribution is -2.28. The Bertz CT molecular complexity index is 592. The molecule has 0 radical (unpaired) electrons. The highest BCUT2D eigenvalue weighted by Crippen LogP contribution is 2.12. The number of carboxylic acids is 1. The van der Waals surface area contributed by atoms with Crippen LogP contribution in [-0.2, 0) is 14.6 Å². The first-order chi connectivity index (χ1) is 9.21. The minimum atomic E-state index is -3.28. The third-order valence-corrected chi connectivity index (χ3v) is 3.89. The molecule has 110 valence electrons. The van der Waals surface area contributed by atoms with E-state index in [9.17, 15) is 18.0 Å². The van der Waals surface area contributed by atoms with E-state index >= 15 is 0 Å². The molecule has 0 saturated heterocycles. The maximum Gasteiger partial charge on any atom is 0.303 e. The van der Waals surface area contributed by atoms with E-state index in [4.69, 9.17) is 5.11 Å². The molecule has 0 saturated carbocycles. The van der Waals surface area contributed by atoms with Crippen LogP contribution in [0, 0.1) is 0 Å². The standard InChI is InChI=1S/C13H17NO5S/c1-14(9-3-4-12(15)16)13(17)10-5-7-11(8-6-10)20(2,18)19/h5-8H,3-4,9H2,1-2H3,(H,15,16). The summed E-state index contributed by atoms with van der Waals surface area (Å²) in [7, 11) is -1.70. The quantitative estimate of drug-likeness (QED) is 0.847. The van der Waals surface area contributed by atoms with Crippen molar-refractivity contribution in [3.63, 3.8) is 0 Å². The Morgan fingerprint density at radius 2 is 1.75 bits per heavy atom. The zero-order valence-electron chi connectivity index (χ0n) is 11.4. The summed E-state index contributed by atoms with van der Waals surface area (Å²) in [5, 5.41) is 8.53. The Morgan fingerprint density at radius 1 is 1.20 bits per heavy atom. The van der Waals surface area contributed by atoms with Crippen molar-refractivity contribution in [2.45, 2.75) is 17.7 Å². The number of aliphatic carboxylic acids is 1. The van der Waals surface area contributed by atoms with Gasteiger partial charge in [0.05, 0.1) is 4.90 Å². The van der Waals surface area contributed by atoms with Gasteiger partial charge in [0.25, 0.3) is 5.91 Å². The Hall–Kier alpha value is -1.89. The van der Waals surface area contributed by atoms with Crippen molar-refractivity contribution < 1.29 is 23.1 Å². The van der Waals surface area contributed by atoms with Gasteiger partial charge in [-0.1, -0.05) is 0 Å². The van der Waals surface area contributed by atoms with E-state index in [1.54, 1.807) is 7.05 Å². The fourth-order valence-corrected chi connectivity index (χ4v) is 2.26. The molecule has 0 atom stereocenters. The third-order valence-electron chi connectivity index (χ3n) is 2.76. The van der Waals surface area contributed by atoms with Gasteiger partial charge >= 0.3 is 5.97 Å². The number of hydrogen-bond acceptors (Lipinski definition) is 4. The molecule has 1 aromatic carbocycles. The number of carbonyl (C=O) groups is 2. The van der Waals surface area contributed by atoms with Crippen LogP contribution in [0.1, 0.15) is 23.2 Å². The van der Waals surface area contributed by atoms with Crippen molar-refractivity contribution in [1.29, 1.82) is 0 Å². The molecule has 1 N–H and O–H groups in total. The summed E-state index contributed by atoms with van der Waals surface area (Å²) in [6.45, 7) is 0.332. The molecule has 0 bridgehead atoms. The highest BCUT2D eigenvalue weighted by Gasteiger charge is 2.13. The van der Waals surface area contributed by atoms with Gasteiger partial charge in [-0.3, -0.25) is 9.59 Å². The monoisotopic (exact) mass is 299 g/mol. The maximum atomic E-state index is 12.0. The number of hydrogen-bond donors (Lipinski definition) is 1. The molecule has 0 aliphatic rings. The smallest absolute Gasteiger partial charge is 0.303 e. The maximum absolute atomic E-state index is 12.0. The van der Waals surface area contributed by atoms with Crippen LogP contribution in [0.2, 0.25) is 0 Å². The highest BCUT2D eigenvalue weighted by atomic mass is 32.2. The predicted molar refractivity (Wildman–Crippen MR) is 73.4 cm³/mol. The molecular formula is C13H17NO5S. The largest absolute Gasteiger partial charge is 0.481 e. The van der Waals surface area contributed by atoms with E-state index < -0.39 is 15.8 Å². The molecule has 0 aliphatic carbocycles. The van der Waals surface area contributed by atoms with Crippen LogP contribution in [0.4, 0.5) is 0 Å². The van der Waals surface area contributed by atoms with Crippen molar-refractivity contribution >= 4 is 21.7 Å². The summed E-state index contributed by atoms with van der Waals surface area (Å²) in [5.41, 5.74) is 0.371. The minimum Gasteiger partial charge on any atom is -0.481 e. The van der Waals surface area contributed by atoms with Crippen molar-refractivity contribution in [1.82, 2.24) is 4.90 Å². The number of rotatable bonds is 6. The number of carbonyl (C=O) groups excluding carboxylic acids is 1. The van der Waals surface area contributed by atoms with Crippen LogP contribution < -0.4 is 0 Å². The first-order valence-electron chi connectivity index (χ1n) is 5.99. The number of sulfone groups is 1. The predicted octanol–water partition coefficient (Wildman–Crippen LogP) is 1.03. The van der Waals surface area contributed by atoms with Crippen LogP contribution in [0.3, 0.4) is 0 Å². The lowest BCUT2D eigenvalue weighted by molar-refractivity contribution is -0.137. The third kappa shape index (κ3) is 4.65. The molecule has 20 heavy (non-hydrogen) atoms. The van der Waals surface area contributed by atoms with Crippen molar-refractivity contribution in [3.05, 3.63) is 29.8 Å². The zero-order chi connectivity index (χ0) is 15.3. The molecule has 1 amide bonds. The summed E-state index contributed by atoms with van der Waals surface area (Å²) < 4.78 is 22.6. The Kier molecular flexibility index (Phi) is 5.26. The van der Waals surface area contributed by atoms with Crippen LogP contribution >= 0.6 is 0 Å². The Labute approximate surface area is 117 Å². The molecule has 1 aromatic rings. The Balaban J connectivity index is 2.70. The van der Waals surface area contributed by atoms with E-state index in [-0.39, 0.29) is 17.2 Å². The summed E-state index contributed by atoms with van der Waals surface area (Å²) >= 11 is 0. The van der Waals surface area contributed by atoms with Crippen LogP contribution in [-0.4, -0.2) is 50.1 Å². The van der Waals surface area contributed by atoms with E-state index in [0.29, 0.717) is 18.5 Å². The molecule has 6 nitrogen and oxygen atoms in total. The van der Waals surface area contributed by atoms with Gasteiger partial charge in [-0.2, -0.15) is 0 Å². The first-order valence-corrected chi connectivity index (χ1v) is 7.88. The molecule has 0 aliphatic heterocycles. The second-order valence-corrected chi connectivity index (χ2v) is 6.54. The van der Waals surface area contributed by atoms with Crippen LogP contribution in [0.15, 0.2) is 29.2 Å². The second-order valence-electron chi connectivity index (χ2n) is 4.52. The van der Waals surface area contributed by atoms with Gasteiger partial charge < -0.3 is 10.0 Å². The van der Waals surface area contributed by atoms with Gasteiger partial charge in [0.1, 0.15) is 0 Å². The summed E-state index contributed by atoms with van der Waals surface area (Å²) in [6, 6.07) is 5.67. The van der Waals surface area contributed by atoms with Gasteiger partial charge in [0, 0.05) is 31.8 Å². The lowest BCUT2D eigenvalue weighted by atomic mass is 10.2. The molecule has 0 heterocycles. The number of nitrogens with zero attached hydrogens (tertiary/aromatic N) is 1. The molecule has 0 fully saturated rings. The molecule has 0 spiro atoms. The number of benzene rings is 1. The lowest BCUT2D eigenvalue weighted by Gasteiger charge is -2.16. The van der Waals surface area contributed by atoms with E-state index in [1.165, 1.54) is 29.2 Å². The van der Waals surface area contributed by atoms with Crippen LogP contribution in [0.25, 0.3) is 0 Å². The van der Waals surface area contributed by atoms with Crippen molar-refractivity contribution in [3.8, 4) is 0 Å². The fourth-order valence-electron chi connectivity index (χ4n) is 1.63. The topological polar surface area (TPSA) is 91.8 Å². The van der Waals surface area contributed by atoms with E-state index in [2.05, 4.69) is 0 Å². The SMILES string of the molecule is CN(CCCC(=O)O)C(=O)c1ccc(S(C)(=O)=O)cc1. The van der Waals surface area contributed by atoms with Crippen molar-refractivity contribution in [2.24, 2.45) is 0 Å². The molecular weight excluding hydrogens is 282 g/mol. The summed E-state index contributed by atoms with van der Waals surface area (Å²) in [5.74, 6) is -1.17. The molecule has 0 unspecified atom stereocenters. The fraction of sp³-hybridized carbons (Fsp3) is 0.385. The first kappa shape index (κ1) is 16.2. The van der Waals surface area contributed by atoms with E-state index in [1.807, 2.05) is 0 Å². The van der Waals surface area contributed by atoms with Gasteiger partial charge in [-0.25, -0.2) is 8.42 Å². The van der Waals surface area contributed by atoms with E-state index in [0.717, 1.165) is 6.26 Å². The van der Waals surface area contributed by atoms with Gasteiger partial charge in [-0.15, -0.1) is 0 Å². The van der Waals surface area contributed by atoms with Gasteiger partial charge in [0.2, 0.25) is 0 Å². The summed E-state index contributed by atoms with van der Waals surface area (Å²) in [4.78, 5) is 24.0. The zero-order valence-corrected chi connectivity index (χ0v) is 12.2. The highest BCUT2D eigenvalue weighted by molar-refractivity contribution is 7.90. The average Bonchev–Trinajstić information content (AvgIpc) is 2.36. The average molecular weight is 299 g/mol. The van der Waals surface area contributed by atoms with Gasteiger partial charge in [0.15, 0.2) is 9.84 Å². The molecule has 0 aromatic heterocycles. The molecule has 7 heteroatoms. The minimum absolute atomic E-state index is 0.00460. The van der Waals surface area contributed by atoms with Gasteiger partial charge in [-0.05, 0) is 30.7 Å². The number of carboxylic acid groups (broad SMARTS) is 1. The van der Waals surface area contributed by atoms with Crippen LogP contribution in [0.5, 0.6) is 0 Å². The normalized spacial score (nSPS) is 11.1. The second kappa shape index (κ2) is 6.51. The van der Waals surface area contributed by atoms with Crippen molar-refractivity contribution in [2.75, 3.05) is 19.8 Å². The molecule has 1 rings (SSSR count). The number of amides is 1.